The number of amides is 1. The van der Waals surface area contributed by atoms with Gasteiger partial charge in [0.05, 0.1) is 11.5 Å². The first-order valence-electron chi connectivity index (χ1n) is 6.73. The molecule has 0 aliphatic rings. The molecule has 1 amide bonds. The van der Waals surface area contributed by atoms with E-state index in [4.69, 9.17) is 16.3 Å². The third kappa shape index (κ3) is 4.87. The van der Waals surface area contributed by atoms with Gasteiger partial charge >= 0.3 is 6.09 Å². The molecule has 2 N–H and O–H groups in total. The predicted molar refractivity (Wildman–Crippen MR) is 89.3 cm³/mol. The monoisotopic (exact) mass is 354 g/mol. The molecule has 0 atom stereocenters. The Bertz CT molecular complexity index is 791. The summed E-state index contributed by atoms with van der Waals surface area (Å²) < 4.78 is 31.7. The lowest BCUT2D eigenvalue weighted by Gasteiger charge is -2.10. The lowest BCUT2D eigenvalue weighted by molar-refractivity contribution is 0.168. The summed E-state index contributed by atoms with van der Waals surface area (Å²) in [5.41, 5.74) is 0.855. The van der Waals surface area contributed by atoms with E-state index in [1.54, 1.807) is 31.2 Å². The summed E-state index contributed by atoms with van der Waals surface area (Å²) in [5, 5.41) is 2.85. The van der Waals surface area contributed by atoms with Crippen LogP contribution in [0.25, 0.3) is 0 Å². The molecule has 2 rings (SSSR count). The van der Waals surface area contributed by atoms with Gasteiger partial charge in [-0.25, -0.2) is 13.2 Å². The third-order valence-electron chi connectivity index (χ3n) is 2.77. The molecule has 0 spiro atoms. The average molecular weight is 355 g/mol. The molecule has 6 nitrogen and oxygen atoms in total. The van der Waals surface area contributed by atoms with Crippen molar-refractivity contribution in [2.45, 2.75) is 11.8 Å². The largest absolute Gasteiger partial charge is 0.450 e. The van der Waals surface area contributed by atoms with Crippen LogP contribution in [-0.2, 0) is 14.8 Å². The number of hydrogen-bond acceptors (Lipinski definition) is 4. The van der Waals surface area contributed by atoms with Crippen LogP contribution in [0, 0.1) is 0 Å². The topological polar surface area (TPSA) is 84.5 Å². The highest BCUT2D eigenvalue weighted by Gasteiger charge is 2.14. The number of anilines is 2. The fourth-order valence-electron chi connectivity index (χ4n) is 1.75. The van der Waals surface area contributed by atoms with E-state index in [-0.39, 0.29) is 11.5 Å². The first kappa shape index (κ1) is 17.1. The molecule has 0 bridgehead atoms. The SMILES string of the molecule is CCOC(=O)Nc1ccc(NS(=O)(=O)c2cccc(Cl)c2)cc1. The zero-order valence-electron chi connectivity index (χ0n) is 12.2. The molecule has 0 saturated heterocycles. The Labute approximate surface area is 139 Å². The lowest BCUT2D eigenvalue weighted by atomic mass is 10.3. The maximum atomic E-state index is 12.2. The highest BCUT2D eigenvalue weighted by atomic mass is 35.5. The van der Waals surface area contributed by atoms with E-state index >= 15 is 0 Å². The minimum Gasteiger partial charge on any atom is -0.450 e. The number of hydrogen-bond donors (Lipinski definition) is 2. The van der Waals surface area contributed by atoms with Crippen molar-refractivity contribution in [3.05, 3.63) is 53.6 Å². The van der Waals surface area contributed by atoms with Crippen LogP contribution in [0.2, 0.25) is 5.02 Å². The Morgan fingerprint density at radius 1 is 1.13 bits per heavy atom. The second kappa shape index (κ2) is 7.34. The summed E-state index contributed by atoms with van der Waals surface area (Å²) in [6, 6.07) is 12.2. The summed E-state index contributed by atoms with van der Waals surface area (Å²) in [5.74, 6) is 0. The first-order valence-corrected chi connectivity index (χ1v) is 8.59. The zero-order chi connectivity index (χ0) is 16.9. The molecule has 0 radical (unpaired) electrons. The number of nitrogens with one attached hydrogen (secondary N) is 2. The van der Waals surface area contributed by atoms with E-state index in [0.29, 0.717) is 16.4 Å². The molecule has 0 fully saturated rings. The van der Waals surface area contributed by atoms with Gasteiger partial charge in [-0.3, -0.25) is 10.0 Å². The number of carbonyl (C=O) groups excluding carboxylic acids is 1. The van der Waals surface area contributed by atoms with Crippen LogP contribution in [0.5, 0.6) is 0 Å². The number of carbonyl (C=O) groups is 1. The Hall–Kier alpha value is -2.25. The molecule has 2 aromatic rings. The Balaban J connectivity index is 2.10. The summed E-state index contributed by atoms with van der Waals surface area (Å²) in [4.78, 5) is 11.4. The molecule has 0 unspecified atom stereocenters. The van der Waals surface area contributed by atoms with Crippen molar-refractivity contribution in [2.24, 2.45) is 0 Å². The van der Waals surface area contributed by atoms with Crippen molar-refractivity contribution in [2.75, 3.05) is 16.6 Å². The van der Waals surface area contributed by atoms with E-state index in [9.17, 15) is 13.2 Å². The second-order valence-corrected chi connectivity index (χ2v) is 6.60. The van der Waals surface area contributed by atoms with E-state index in [2.05, 4.69) is 10.0 Å². The maximum Gasteiger partial charge on any atom is 0.411 e. The van der Waals surface area contributed by atoms with Crippen LogP contribution < -0.4 is 10.0 Å². The molecule has 8 heteroatoms. The Morgan fingerprint density at radius 2 is 1.78 bits per heavy atom. The molecular formula is C15H15ClN2O4S. The smallest absolute Gasteiger partial charge is 0.411 e. The molecule has 122 valence electrons. The van der Waals surface area contributed by atoms with E-state index < -0.39 is 16.1 Å². The fourth-order valence-corrected chi connectivity index (χ4v) is 3.11. The summed E-state index contributed by atoms with van der Waals surface area (Å²) in [7, 11) is -3.73. The van der Waals surface area contributed by atoms with Gasteiger partial charge in [-0.15, -0.1) is 0 Å². The van der Waals surface area contributed by atoms with Gasteiger partial charge in [0, 0.05) is 16.4 Å². The highest BCUT2D eigenvalue weighted by Crippen LogP contribution is 2.20. The molecule has 23 heavy (non-hydrogen) atoms. The van der Waals surface area contributed by atoms with Gasteiger partial charge in [0.1, 0.15) is 0 Å². The third-order valence-corrected chi connectivity index (χ3v) is 4.38. The van der Waals surface area contributed by atoms with Crippen molar-refractivity contribution >= 4 is 39.1 Å². The molecule has 2 aromatic carbocycles. The van der Waals surface area contributed by atoms with Crippen molar-refractivity contribution in [3.8, 4) is 0 Å². The minimum atomic E-state index is -3.73. The maximum absolute atomic E-state index is 12.2. The molecule has 0 aromatic heterocycles. The number of benzene rings is 2. The zero-order valence-corrected chi connectivity index (χ0v) is 13.8. The van der Waals surface area contributed by atoms with Gasteiger partial charge in [0.25, 0.3) is 10.0 Å². The van der Waals surface area contributed by atoms with Gasteiger partial charge in [-0.05, 0) is 49.4 Å². The fraction of sp³-hybridized carbons (Fsp3) is 0.133. The van der Waals surface area contributed by atoms with Gasteiger partial charge < -0.3 is 4.74 Å². The summed E-state index contributed by atoms with van der Waals surface area (Å²) in [6.07, 6.45) is -0.570. The van der Waals surface area contributed by atoms with Crippen LogP contribution in [0.15, 0.2) is 53.4 Å². The van der Waals surface area contributed by atoms with Crippen molar-refractivity contribution < 1.29 is 17.9 Å². The van der Waals surface area contributed by atoms with Crippen LogP contribution in [0.1, 0.15) is 6.92 Å². The first-order chi connectivity index (χ1) is 10.9. The summed E-state index contributed by atoms with van der Waals surface area (Å²) >= 11 is 5.80. The van der Waals surface area contributed by atoms with Gasteiger partial charge in [-0.1, -0.05) is 17.7 Å². The lowest BCUT2D eigenvalue weighted by Crippen LogP contribution is -2.14. The summed E-state index contributed by atoms with van der Waals surface area (Å²) in [6.45, 7) is 1.97. The molecule has 0 aliphatic carbocycles. The Kier molecular flexibility index (Phi) is 5.46. The molecule has 0 aliphatic heterocycles. The standard InChI is InChI=1S/C15H15ClN2O4S/c1-2-22-15(19)17-12-6-8-13(9-7-12)18-23(20,21)14-5-3-4-11(16)10-14/h3-10,18H,2H2,1H3,(H,17,19). The van der Waals surface area contributed by atoms with E-state index in [0.717, 1.165) is 0 Å². The predicted octanol–water partition coefficient (Wildman–Crippen LogP) is 3.71. The average Bonchev–Trinajstić information content (AvgIpc) is 2.49. The van der Waals surface area contributed by atoms with Gasteiger partial charge in [-0.2, -0.15) is 0 Å². The van der Waals surface area contributed by atoms with Crippen molar-refractivity contribution in [1.29, 1.82) is 0 Å². The normalized spacial score (nSPS) is 10.9. The van der Waals surface area contributed by atoms with E-state index in [1.807, 2.05) is 0 Å². The number of halogens is 1. The van der Waals surface area contributed by atoms with Gasteiger partial charge in [0.2, 0.25) is 0 Å². The molecule has 0 saturated carbocycles. The number of sulfonamides is 1. The number of ether oxygens (including phenoxy) is 1. The Morgan fingerprint density at radius 3 is 2.39 bits per heavy atom. The number of rotatable bonds is 5. The van der Waals surface area contributed by atoms with Crippen molar-refractivity contribution in [3.63, 3.8) is 0 Å². The van der Waals surface area contributed by atoms with Crippen LogP contribution in [0.3, 0.4) is 0 Å². The van der Waals surface area contributed by atoms with Crippen LogP contribution >= 0.6 is 11.6 Å². The van der Waals surface area contributed by atoms with Crippen molar-refractivity contribution in [1.82, 2.24) is 0 Å². The van der Waals surface area contributed by atoms with E-state index in [1.165, 1.54) is 24.3 Å². The quantitative estimate of drug-likeness (QED) is 0.857. The van der Waals surface area contributed by atoms with Crippen LogP contribution in [0.4, 0.5) is 16.2 Å². The minimum absolute atomic E-state index is 0.0683. The van der Waals surface area contributed by atoms with Gasteiger partial charge in [0.15, 0.2) is 0 Å². The van der Waals surface area contributed by atoms with Crippen LogP contribution in [-0.4, -0.2) is 21.1 Å². The molecular weight excluding hydrogens is 340 g/mol. The highest BCUT2D eigenvalue weighted by molar-refractivity contribution is 7.92. The molecule has 0 heterocycles. The second-order valence-electron chi connectivity index (χ2n) is 4.49.